The highest BCUT2D eigenvalue weighted by atomic mass is 16.3. The molecule has 0 spiro atoms. The largest absolute Gasteiger partial charge is 0.469 e. The Morgan fingerprint density at radius 2 is 2.25 bits per heavy atom. The summed E-state index contributed by atoms with van der Waals surface area (Å²) in [6.45, 7) is 5.90. The zero-order valence-electron chi connectivity index (χ0n) is 7.76. The van der Waals surface area contributed by atoms with E-state index in [9.17, 15) is 4.79 Å². The van der Waals surface area contributed by atoms with E-state index in [2.05, 4.69) is 0 Å². The van der Waals surface area contributed by atoms with Crippen LogP contribution in [0.4, 0.5) is 0 Å². The molecule has 1 aromatic rings. The summed E-state index contributed by atoms with van der Waals surface area (Å²) < 4.78 is 5.05. The van der Waals surface area contributed by atoms with E-state index in [0.717, 1.165) is 5.76 Å². The Labute approximate surface area is 72.6 Å². The highest BCUT2D eigenvalue weighted by Crippen LogP contribution is 2.12. The Morgan fingerprint density at radius 1 is 1.58 bits per heavy atom. The minimum atomic E-state index is 0.168. The first-order valence-electron chi connectivity index (χ1n) is 4.18. The predicted octanol–water partition coefficient (Wildman–Crippen LogP) is 2.82. The van der Waals surface area contributed by atoms with E-state index in [1.54, 1.807) is 6.07 Å². The van der Waals surface area contributed by atoms with Crippen LogP contribution in [0, 0.1) is 12.8 Å². The van der Waals surface area contributed by atoms with Crippen molar-refractivity contribution in [3.63, 3.8) is 0 Å². The molecule has 2 nitrogen and oxygen atoms in total. The molecule has 0 fully saturated rings. The van der Waals surface area contributed by atoms with Crippen LogP contribution < -0.4 is 0 Å². The molecule has 0 saturated heterocycles. The Bertz CT molecular complexity index is 271. The van der Waals surface area contributed by atoms with Crippen molar-refractivity contribution < 1.29 is 9.21 Å². The smallest absolute Gasteiger partial charge is 0.166 e. The molecular formula is C10H14O2. The average molecular weight is 166 g/mol. The fraction of sp³-hybridized carbons (Fsp3) is 0.500. The van der Waals surface area contributed by atoms with Crippen LogP contribution in [0.3, 0.4) is 0 Å². The number of hydrogen-bond acceptors (Lipinski definition) is 2. The van der Waals surface area contributed by atoms with Crippen LogP contribution in [-0.4, -0.2) is 5.78 Å². The molecule has 1 heterocycles. The van der Waals surface area contributed by atoms with Crippen molar-refractivity contribution in [2.75, 3.05) is 0 Å². The van der Waals surface area contributed by atoms with Gasteiger partial charge >= 0.3 is 0 Å². The third-order valence-electron chi connectivity index (χ3n) is 1.65. The molecule has 66 valence electrons. The molecular weight excluding hydrogens is 152 g/mol. The first kappa shape index (κ1) is 9.04. The van der Waals surface area contributed by atoms with Gasteiger partial charge < -0.3 is 4.42 Å². The van der Waals surface area contributed by atoms with Gasteiger partial charge in [0.05, 0.1) is 5.56 Å². The third-order valence-corrected chi connectivity index (χ3v) is 1.65. The molecule has 12 heavy (non-hydrogen) atoms. The van der Waals surface area contributed by atoms with Crippen molar-refractivity contribution >= 4 is 5.78 Å². The van der Waals surface area contributed by atoms with E-state index >= 15 is 0 Å². The Kier molecular flexibility index (Phi) is 2.69. The number of Topliss-reactive ketones (excluding diaryl/α,β-unsaturated/α-hetero) is 1. The molecule has 0 bridgehead atoms. The molecule has 0 amide bonds. The second-order valence-electron chi connectivity index (χ2n) is 3.47. The molecule has 0 N–H and O–H groups in total. The topological polar surface area (TPSA) is 30.2 Å². The summed E-state index contributed by atoms with van der Waals surface area (Å²) in [6, 6.07) is 1.78. The van der Waals surface area contributed by atoms with Crippen LogP contribution in [0.5, 0.6) is 0 Å². The fourth-order valence-corrected chi connectivity index (χ4v) is 1.08. The lowest BCUT2D eigenvalue weighted by Crippen LogP contribution is -2.01. The molecule has 0 radical (unpaired) electrons. The standard InChI is InChI=1S/C10H14O2/c1-7(2)4-10(11)9-5-8(3)12-6-9/h5-7H,4H2,1-3H3. The Balaban J connectivity index is 2.65. The minimum absolute atomic E-state index is 0.168. The fourth-order valence-electron chi connectivity index (χ4n) is 1.08. The van der Waals surface area contributed by atoms with Crippen molar-refractivity contribution in [1.29, 1.82) is 0 Å². The van der Waals surface area contributed by atoms with Gasteiger partial charge in [-0.1, -0.05) is 13.8 Å². The summed E-state index contributed by atoms with van der Waals surface area (Å²) in [6.07, 6.45) is 2.12. The number of carbonyl (C=O) groups is 1. The van der Waals surface area contributed by atoms with E-state index in [1.807, 2.05) is 20.8 Å². The first-order valence-corrected chi connectivity index (χ1v) is 4.18. The van der Waals surface area contributed by atoms with Crippen molar-refractivity contribution in [2.24, 2.45) is 5.92 Å². The zero-order chi connectivity index (χ0) is 9.14. The van der Waals surface area contributed by atoms with Gasteiger partial charge in [-0.25, -0.2) is 0 Å². The van der Waals surface area contributed by atoms with Gasteiger partial charge in [0, 0.05) is 6.42 Å². The van der Waals surface area contributed by atoms with Crippen LogP contribution in [0.25, 0.3) is 0 Å². The van der Waals surface area contributed by atoms with Crippen molar-refractivity contribution in [3.05, 3.63) is 23.7 Å². The van der Waals surface area contributed by atoms with E-state index in [0.29, 0.717) is 17.9 Å². The van der Waals surface area contributed by atoms with Crippen LogP contribution in [0.2, 0.25) is 0 Å². The number of furan rings is 1. The predicted molar refractivity (Wildman–Crippen MR) is 47.2 cm³/mol. The summed E-state index contributed by atoms with van der Waals surface area (Å²) >= 11 is 0. The number of rotatable bonds is 3. The maximum atomic E-state index is 11.4. The lowest BCUT2D eigenvalue weighted by molar-refractivity contribution is 0.0967. The number of hydrogen-bond donors (Lipinski definition) is 0. The van der Waals surface area contributed by atoms with Gasteiger partial charge in [0.15, 0.2) is 5.78 Å². The number of aryl methyl sites for hydroxylation is 1. The number of ketones is 1. The Hall–Kier alpha value is -1.05. The van der Waals surface area contributed by atoms with Gasteiger partial charge in [-0.15, -0.1) is 0 Å². The average Bonchev–Trinajstić information content (AvgIpc) is 2.34. The van der Waals surface area contributed by atoms with Crippen LogP contribution in [0.15, 0.2) is 16.7 Å². The normalized spacial score (nSPS) is 10.7. The van der Waals surface area contributed by atoms with Gasteiger partial charge in [0.25, 0.3) is 0 Å². The van der Waals surface area contributed by atoms with Crippen LogP contribution >= 0.6 is 0 Å². The summed E-state index contributed by atoms with van der Waals surface area (Å²) in [5, 5.41) is 0. The SMILES string of the molecule is Cc1cc(C(=O)CC(C)C)co1. The highest BCUT2D eigenvalue weighted by molar-refractivity contribution is 5.95. The first-order chi connectivity index (χ1) is 5.59. The second-order valence-corrected chi connectivity index (χ2v) is 3.47. The molecule has 1 rings (SSSR count). The van der Waals surface area contributed by atoms with E-state index in [-0.39, 0.29) is 5.78 Å². The van der Waals surface area contributed by atoms with E-state index in [1.165, 1.54) is 6.26 Å². The quantitative estimate of drug-likeness (QED) is 0.646. The molecule has 0 unspecified atom stereocenters. The maximum absolute atomic E-state index is 11.4. The molecule has 0 atom stereocenters. The van der Waals surface area contributed by atoms with Gasteiger partial charge in [-0.05, 0) is 18.9 Å². The monoisotopic (exact) mass is 166 g/mol. The van der Waals surface area contributed by atoms with Crippen molar-refractivity contribution in [3.8, 4) is 0 Å². The summed E-state index contributed by atoms with van der Waals surface area (Å²) in [5.41, 5.74) is 0.696. The molecule has 1 aromatic heterocycles. The maximum Gasteiger partial charge on any atom is 0.166 e. The summed E-state index contributed by atoms with van der Waals surface area (Å²) in [5.74, 6) is 1.37. The van der Waals surface area contributed by atoms with Crippen LogP contribution in [0.1, 0.15) is 36.4 Å². The lowest BCUT2D eigenvalue weighted by atomic mass is 10.0. The van der Waals surface area contributed by atoms with Gasteiger partial charge in [0.1, 0.15) is 12.0 Å². The van der Waals surface area contributed by atoms with Crippen molar-refractivity contribution in [2.45, 2.75) is 27.2 Å². The zero-order valence-corrected chi connectivity index (χ0v) is 7.76. The van der Waals surface area contributed by atoms with Gasteiger partial charge in [-0.3, -0.25) is 4.79 Å². The van der Waals surface area contributed by atoms with E-state index < -0.39 is 0 Å². The molecule has 2 heteroatoms. The van der Waals surface area contributed by atoms with E-state index in [4.69, 9.17) is 4.42 Å². The third kappa shape index (κ3) is 2.22. The van der Waals surface area contributed by atoms with Gasteiger partial charge in [-0.2, -0.15) is 0 Å². The molecule has 0 aromatic carbocycles. The minimum Gasteiger partial charge on any atom is -0.469 e. The Morgan fingerprint density at radius 3 is 2.67 bits per heavy atom. The molecule has 0 saturated carbocycles. The molecule has 0 aliphatic carbocycles. The number of carbonyl (C=O) groups excluding carboxylic acids is 1. The molecule has 0 aliphatic heterocycles. The highest BCUT2D eigenvalue weighted by Gasteiger charge is 2.09. The lowest BCUT2D eigenvalue weighted by Gasteiger charge is -1.99. The summed E-state index contributed by atoms with van der Waals surface area (Å²) in [7, 11) is 0. The summed E-state index contributed by atoms with van der Waals surface area (Å²) in [4.78, 5) is 11.4. The second kappa shape index (κ2) is 3.57. The molecule has 0 aliphatic rings. The van der Waals surface area contributed by atoms with Gasteiger partial charge in [0.2, 0.25) is 0 Å². The van der Waals surface area contributed by atoms with Crippen LogP contribution in [-0.2, 0) is 0 Å². The van der Waals surface area contributed by atoms with Crippen molar-refractivity contribution in [1.82, 2.24) is 0 Å².